The molecule has 0 amide bonds. The average Bonchev–Trinajstić information content (AvgIpc) is 3.09. The zero-order valence-corrected chi connectivity index (χ0v) is 16.2. The van der Waals surface area contributed by atoms with Gasteiger partial charge in [-0.1, -0.05) is 41.9 Å². The summed E-state index contributed by atoms with van der Waals surface area (Å²) < 4.78 is 24.4. The van der Waals surface area contributed by atoms with E-state index in [-0.39, 0.29) is 4.90 Å². The highest BCUT2D eigenvalue weighted by Crippen LogP contribution is 2.28. The fourth-order valence-electron chi connectivity index (χ4n) is 2.81. The fraction of sp³-hybridized carbons (Fsp3) is 0.0526. The zero-order valence-electron chi connectivity index (χ0n) is 14.6. The Balaban J connectivity index is 1.58. The predicted molar refractivity (Wildman–Crippen MR) is 109 cm³/mol. The molecule has 9 heteroatoms. The molecule has 0 saturated carbocycles. The number of aromatic nitrogens is 3. The first-order valence-electron chi connectivity index (χ1n) is 8.37. The third-order valence-corrected chi connectivity index (χ3v) is 5.50. The molecule has 142 valence electrons. The Labute approximate surface area is 166 Å². The van der Waals surface area contributed by atoms with Gasteiger partial charge in [0.05, 0.1) is 21.8 Å². The maximum atomic E-state index is 11.3. The molecule has 7 nitrogen and oxygen atoms in total. The van der Waals surface area contributed by atoms with Crippen molar-refractivity contribution < 1.29 is 8.42 Å². The molecule has 4 aromatic rings. The van der Waals surface area contributed by atoms with Gasteiger partial charge in [0.1, 0.15) is 5.82 Å². The number of nitrogens with one attached hydrogen (secondary N) is 1. The summed E-state index contributed by atoms with van der Waals surface area (Å²) in [6.07, 6.45) is 1.74. The third kappa shape index (κ3) is 3.70. The Bertz CT molecular complexity index is 1250. The van der Waals surface area contributed by atoms with Gasteiger partial charge in [-0.25, -0.2) is 23.1 Å². The van der Waals surface area contributed by atoms with Gasteiger partial charge in [-0.05, 0) is 35.9 Å². The number of benzene rings is 2. The summed E-state index contributed by atoms with van der Waals surface area (Å²) in [5.41, 5.74) is 3.24. The van der Waals surface area contributed by atoms with E-state index >= 15 is 0 Å². The minimum atomic E-state index is -3.69. The Morgan fingerprint density at radius 1 is 1.04 bits per heavy atom. The summed E-state index contributed by atoms with van der Waals surface area (Å²) in [5, 5.41) is 13.6. The molecule has 4 rings (SSSR count). The van der Waals surface area contributed by atoms with Crippen LogP contribution in [0.5, 0.6) is 0 Å². The molecule has 0 radical (unpaired) electrons. The van der Waals surface area contributed by atoms with Crippen molar-refractivity contribution in [2.24, 2.45) is 5.14 Å². The van der Waals surface area contributed by atoms with Crippen LogP contribution in [0.2, 0.25) is 5.02 Å². The van der Waals surface area contributed by atoms with Gasteiger partial charge >= 0.3 is 0 Å². The number of halogens is 1. The van der Waals surface area contributed by atoms with E-state index in [1.165, 1.54) is 12.1 Å². The number of fused-ring (bicyclic) bond motifs is 1. The van der Waals surface area contributed by atoms with Crippen molar-refractivity contribution in [1.29, 1.82) is 0 Å². The first-order chi connectivity index (χ1) is 13.4. The number of primary sulfonamides is 1. The highest BCUT2D eigenvalue weighted by atomic mass is 35.5. The fourth-order valence-corrected chi connectivity index (χ4v) is 3.56. The van der Waals surface area contributed by atoms with Gasteiger partial charge in [-0.3, -0.25) is 0 Å². The minimum Gasteiger partial charge on any atom is -0.365 e. The third-order valence-electron chi connectivity index (χ3n) is 4.24. The van der Waals surface area contributed by atoms with Crippen LogP contribution in [0.4, 0.5) is 5.82 Å². The monoisotopic (exact) mass is 413 g/mol. The molecule has 0 saturated heterocycles. The van der Waals surface area contributed by atoms with E-state index in [9.17, 15) is 8.42 Å². The quantitative estimate of drug-likeness (QED) is 0.522. The Morgan fingerprint density at radius 2 is 1.79 bits per heavy atom. The second-order valence-corrected chi connectivity index (χ2v) is 8.12. The van der Waals surface area contributed by atoms with E-state index in [4.69, 9.17) is 16.7 Å². The summed E-state index contributed by atoms with van der Waals surface area (Å²) >= 11 is 6.31. The smallest absolute Gasteiger partial charge is 0.238 e. The first kappa shape index (κ1) is 18.4. The molecular formula is C19H16ClN5O2S. The van der Waals surface area contributed by atoms with E-state index in [0.29, 0.717) is 23.0 Å². The minimum absolute atomic E-state index is 0.0820. The molecule has 2 aromatic heterocycles. The van der Waals surface area contributed by atoms with Crippen LogP contribution in [-0.2, 0) is 16.6 Å². The lowest BCUT2D eigenvalue weighted by Gasteiger charge is -2.08. The van der Waals surface area contributed by atoms with Gasteiger partial charge in [0.15, 0.2) is 5.65 Å². The number of hydrogen-bond donors (Lipinski definition) is 2. The number of hydrogen-bond acceptors (Lipinski definition) is 5. The van der Waals surface area contributed by atoms with Gasteiger partial charge in [0.2, 0.25) is 10.0 Å². The number of sulfonamides is 1. The molecule has 0 fully saturated rings. The van der Waals surface area contributed by atoms with Crippen LogP contribution in [0.3, 0.4) is 0 Å². The zero-order chi connectivity index (χ0) is 19.7. The Morgan fingerprint density at radius 3 is 2.50 bits per heavy atom. The molecule has 28 heavy (non-hydrogen) atoms. The number of nitrogens with zero attached hydrogens (tertiary/aromatic N) is 3. The van der Waals surface area contributed by atoms with Crippen LogP contribution in [0, 0.1) is 0 Å². The van der Waals surface area contributed by atoms with Crippen LogP contribution in [0.15, 0.2) is 71.8 Å². The largest absolute Gasteiger partial charge is 0.365 e. The lowest BCUT2D eigenvalue weighted by atomic mass is 10.2. The van der Waals surface area contributed by atoms with Crippen molar-refractivity contribution in [3.8, 4) is 11.3 Å². The van der Waals surface area contributed by atoms with Gasteiger partial charge < -0.3 is 5.32 Å². The predicted octanol–water partition coefficient (Wildman–Crippen LogP) is 3.31. The van der Waals surface area contributed by atoms with E-state index in [1.54, 1.807) is 22.8 Å². The van der Waals surface area contributed by atoms with Crippen LogP contribution in [-0.4, -0.2) is 23.0 Å². The van der Waals surface area contributed by atoms with E-state index in [1.807, 2.05) is 36.4 Å². The second-order valence-electron chi connectivity index (χ2n) is 6.15. The highest BCUT2D eigenvalue weighted by Gasteiger charge is 2.11. The van der Waals surface area contributed by atoms with Crippen LogP contribution < -0.4 is 10.5 Å². The summed E-state index contributed by atoms with van der Waals surface area (Å²) in [7, 11) is -3.69. The highest BCUT2D eigenvalue weighted by molar-refractivity contribution is 7.89. The topological polar surface area (TPSA) is 102 Å². The van der Waals surface area contributed by atoms with Gasteiger partial charge in [0, 0.05) is 12.1 Å². The van der Waals surface area contributed by atoms with Crippen LogP contribution in [0.1, 0.15) is 5.56 Å². The SMILES string of the molecule is NS(=O)(=O)c1ccc(CNc2ccc3ncc(-c4ccccc4Cl)n3n2)cc1. The lowest BCUT2D eigenvalue weighted by Crippen LogP contribution is -2.12. The van der Waals surface area contributed by atoms with Crippen molar-refractivity contribution in [3.63, 3.8) is 0 Å². The average molecular weight is 414 g/mol. The summed E-state index contributed by atoms with van der Waals surface area (Å²) in [6.45, 7) is 0.472. The van der Waals surface area contributed by atoms with Crippen molar-refractivity contribution in [1.82, 2.24) is 14.6 Å². The van der Waals surface area contributed by atoms with Crippen LogP contribution >= 0.6 is 11.6 Å². The number of imidazole rings is 1. The molecule has 0 spiro atoms. The van der Waals surface area contributed by atoms with Crippen molar-refractivity contribution in [2.75, 3.05) is 5.32 Å². The normalized spacial score (nSPS) is 11.6. The maximum absolute atomic E-state index is 11.3. The van der Waals surface area contributed by atoms with E-state index < -0.39 is 10.0 Å². The Kier molecular flexibility index (Phi) is 4.76. The van der Waals surface area contributed by atoms with Gasteiger partial charge in [-0.2, -0.15) is 0 Å². The van der Waals surface area contributed by atoms with Gasteiger partial charge in [0.25, 0.3) is 0 Å². The summed E-state index contributed by atoms with van der Waals surface area (Å²) in [5.74, 6) is 0.648. The van der Waals surface area contributed by atoms with E-state index in [0.717, 1.165) is 16.8 Å². The number of nitrogens with two attached hydrogens (primary N) is 1. The molecule has 0 aliphatic rings. The molecule has 0 bridgehead atoms. The lowest BCUT2D eigenvalue weighted by molar-refractivity contribution is 0.598. The molecule has 0 atom stereocenters. The van der Waals surface area contributed by atoms with Crippen molar-refractivity contribution in [3.05, 3.63) is 77.4 Å². The number of rotatable bonds is 5. The summed E-state index contributed by atoms with van der Waals surface area (Å²) in [6, 6.07) is 17.6. The molecular weight excluding hydrogens is 398 g/mol. The second kappa shape index (κ2) is 7.23. The standard InChI is InChI=1S/C19H16ClN5O2S/c20-16-4-2-1-3-15(16)17-12-23-19-10-9-18(24-25(17)19)22-11-13-5-7-14(8-6-13)28(21,26)27/h1-10,12H,11H2,(H,22,24)(H2,21,26,27). The van der Waals surface area contributed by atoms with E-state index in [2.05, 4.69) is 15.4 Å². The molecule has 0 aliphatic heterocycles. The van der Waals surface area contributed by atoms with Crippen molar-refractivity contribution in [2.45, 2.75) is 11.4 Å². The molecule has 0 aliphatic carbocycles. The molecule has 2 heterocycles. The maximum Gasteiger partial charge on any atom is 0.238 e. The van der Waals surface area contributed by atoms with Gasteiger partial charge in [-0.15, -0.1) is 5.10 Å². The number of anilines is 1. The molecule has 2 aromatic carbocycles. The van der Waals surface area contributed by atoms with Crippen LogP contribution in [0.25, 0.3) is 16.9 Å². The Hall–Kier alpha value is -2.94. The van der Waals surface area contributed by atoms with Crippen molar-refractivity contribution >= 4 is 33.1 Å². The molecule has 0 unspecified atom stereocenters. The first-order valence-corrected chi connectivity index (χ1v) is 10.3. The summed E-state index contributed by atoms with van der Waals surface area (Å²) in [4.78, 5) is 4.46. The molecule has 3 N–H and O–H groups in total.